The zero-order valence-electron chi connectivity index (χ0n) is 10.9. The van der Waals surface area contributed by atoms with Crippen molar-refractivity contribution in [2.45, 2.75) is 39.2 Å². The number of hydrogen-bond donors (Lipinski definition) is 1. The molecule has 1 aromatic rings. The van der Waals surface area contributed by atoms with Crippen LogP contribution >= 0.6 is 0 Å². The molecule has 96 valence electrons. The predicted octanol–water partition coefficient (Wildman–Crippen LogP) is 2.62. The third-order valence-electron chi connectivity index (χ3n) is 3.96. The Hall–Kier alpha value is -1.64. The standard InChI is InChI=1S/C15H19NO2/c1-11(13-7-4-3-5-8-13)16-14(18)15(12(2)17)9-6-10-15/h3-5,7-8,11H,6,9-10H2,1-2H3,(H,16,18)/t11-/m0/s1. The molecule has 1 fully saturated rings. The quantitative estimate of drug-likeness (QED) is 0.829. The summed E-state index contributed by atoms with van der Waals surface area (Å²) in [4.78, 5) is 23.9. The van der Waals surface area contributed by atoms with Crippen molar-refractivity contribution in [1.29, 1.82) is 0 Å². The Labute approximate surface area is 108 Å². The van der Waals surface area contributed by atoms with Gasteiger partial charge in [-0.3, -0.25) is 9.59 Å². The van der Waals surface area contributed by atoms with Crippen LogP contribution in [0.3, 0.4) is 0 Å². The molecule has 2 rings (SSSR count). The van der Waals surface area contributed by atoms with Crippen LogP contribution in [-0.2, 0) is 9.59 Å². The van der Waals surface area contributed by atoms with Gasteiger partial charge < -0.3 is 5.32 Å². The fourth-order valence-electron chi connectivity index (χ4n) is 2.43. The summed E-state index contributed by atoms with van der Waals surface area (Å²) in [6.45, 7) is 3.46. The Morgan fingerprint density at radius 3 is 2.28 bits per heavy atom. The van der Waals surface area contributed by atoms with Crippen molar-refractivity contribution < 1.29 is 9.59 Å². The number of carbonyl (C=O) groups is 2. The van der Waals surface area contributed by atoms with Crippen LogP contribution in [0.15, 0.2) is 30.3 Å². The van der Waals surface area contributed by atoms with E-state index in [9.17, 15) is 9.59 Å². The van der Waals surface area contributed by atoms with E-state index >= 15 is 0 Å². The molecule has 0 bridgehead atoms. The van der Waals surface area contributed by atoms with Crippen LogP contribution < -0.4 is 5.32 Å². The first-order valence-electron chi connectivity index (χ1n) is 6.43. The average Bonchev–Trinajstić information content (AvgIpc) is 2.28. The minimum absolute atomic E-state index is 0.00786. The van der Waals surface area contributed by atoms with Crippen LogP contribution in [0.5, 0.6) is 0 Å². The highest BCUT2D eigenvalue weighted by molar-refractivity contribution is 6.06. The summed E-state index contributed by atoms with van der Waals surface area (Å²) < 4.78 is 0. The summed E-state index contributed by atoms with van der Waals surface area (Å²) in [6.07, 6.45) is 2.35. The summed E-state index contributed by atoms with van der Waals surface area (Å²) in [5.74, 6) is -0.121. The van der Waals surface area contributed by atoms with Gasteiger partial charge in [0.05, 0.1) is 6.04 Å². The lowest BCUT2D eigenvalue weighted by Gasteiger charge is -2.38. The molecule has 1 aromatic carbocycles. The van der Waals surface area contributed by atoms with Gasteiger partial charge in [0.2, 0.25) is 5.91 Å². The molecule has 0 aromatic heterocycles. The number of ketones is 1. The first kappa shape index (κ1) is 12.8. The van der Waals surface area contributed by atoms with Gasteiger partial charge in [0.1, 0.15) is 11.2 Å². The molecule has 1 amide bonds. The van der Waals surface area contributed by atoms with Crippen molar-refractivity contribution in [3.63, 3.8) is 0 Å². The fraction of sp³-hybridized carbons (Fsp3) is 0.467. The molecule has 1 aliphatic rings. The van der Waals surface area contributed by atoms with Gasteiger partial charge in [-0.2, -0.15) is 0 Å². The molecule has 1 atom stereocenters. The first-order chi connectivity index (χ1) is 8.56. The number of rotatable bonds is 4. The normalized spacial score (nSPS) is 18.6. The Kier molecular flexibility index (Phi) is 3.50. The maximum atomic E-state index is 12.2. The summed E-state index contributed by atoms with van der Waals surface area (Å²) in [5.41, 5.74) is 0.312. The van der Waals surface area contributed by atoms with E-state index < -0.39 is 5.41 Å². The van der Waals surface area contributed by atoms with E-state index in [1.54, 1.807) is 0 Å². The largest absolute Gasteiger partial charge is 0.349 e. The van der Waals surface area contributed by atoms with E-state index in [0.717, 1.165) is 12.0 Å². The number of carbonyl (C=O) groups excluding carboxylic acids is 2. The molecule has 1 N–H and O–H groups in total. The lowest BCUT2D eigenvalue weighted by atomic mass is 9.65. The predicted molar refractivity (Wildman–Crippen MR) is 70.0 cm³/mol. The van der Waals surface area contributed by atoms with Crippen molar-refractivity contribution in [1.82, 2.24) is 5.32 Å². The molecule has 0 unspecified atom stereocenters. The van der Waals surface area contributed by atoms with Gasteiger partial charge in [-0.15, -0.1) is 0 Å². The Balaban J connectivity index is 2.06. The molecule has 3 heteroatoms. The fourth-order valence-corrected chi connectivity index (χ4v) is 2.43. The van der Waals surface area contributed by atoms with Crippen molar-refractivity contribution >= 4 is 11.7 Å². The highest BCUT2D eigenvalue weighted by atomic mass is 16.2. The zero-order chi connectivity index (χ0) is 13.2. The smallest absolute Gasteiger partial charge is 0.234 e. The maximum Gasteiger partial charge on any atom is 0.234 e. The molecule has 1 aliphatic carbocycles. The van der Waals surface area contributed by atoms with Crippen molar-refractivity contribution in [3.05, 3.63) is 35.9 Å². The first-order valence-corrected chi connectivity index (χ1v) is 6.43. The third-order valence-corrected chi connectivity index (χ3v) is 3.96. The van der Waals surface area contributed by atoms with E-state index in [2.05, 4.69) is 5.32 Å². The van der Waals surface area contributed by atoms with Crippen molar-refractivity contribution in [2.24, 2.45) is 5.41 Å². The van der Waals surface area contributed by atoms with Crippen LogP contribution in [0.4, 0.5) is 0 Å². The summed E-state index contributed by atoms with van der Waals surface area (Å²) in [7, 11) is 0. The number of hydrogen-bond acceptors (Lipinski definition) is 2. The molecule has 0 radical (unpaired) electrons. The number of nitrogens with one attached hydrogen (secondary N) is 1. The van der Waals surface area contributed by atoms with Gasteiger partial charge >= 0.3 is 0 Å². The van der Waals surface area contributed by atoms with E-state index in [4.69, 9.17) is 0 Å². The van der Waals surface area contributed by atoms with Crippen LogP contribution in [0, 0.1) is 5.41 Å². The summed E-state index contributed by atoms with van der Waals surface area (Å²) in [6, 6.07) is 9.74. The molecule has 0 spiro atoms. The summed E-state index contributed by atoms with van der Waals surface area (Å²) >= 11 is 0. The van der Waals surface area contributed by atoms with Gasteiger partial charge in [0.25, 0.3) is 0 Å². The SMILES string of the molecule is CC(=O)C1(C(=O)N[C@@H](C)c2ccccc2)CCC1. The summed E-state index contributed by atoms with van der Waals surface area (Å²) in [5, 5.41) is 2.96. The molecular weight excluding hydrogens is 226 g/mol. The monoisotopic (exact) mass is 245 g/mol. The molecule has 0 heterocycles. The number of Topliss-reactive ketones (excluding diaryl/α,β-unsaturated/α-hetero) is 1. The zero-order valence-corrected chi connectivity index (χ0v) is 10.9. The highest BCUT2D eigenvalue weighted by Gasteiger charge is 2.48. The topological polar surface area (TPSA) is 46.2 Å². The van der Waals surface area contributed by atoms with E-state index in [0.29, 0.717) is 12.8 Å². The van der Waals surface area contributed by atoms with Crippen LogP contribution in [0.1, 0.15) is 44.7 Å². The van der Waals surface area contributed by atoms with Gasteiger partial charge in [0, 0.05) is 0 Å². The van der Waals surface area contributed by atoms with E-state index in [1.165, 1.54) is 6.92 Å². The van der Waals surface area contributed by atoms with Gasteiger partial charge in [0.15, 0.2) is 0 Å². The van der Waals surface area contributed by atoms with E-state index in [1.807, 2.05) is 37.3 Å². The van der Waals surface area contributed by atoms with Gasteiger partial charge in [-0.25, -0.2) is 0 Å². The van der Waals surface area contributed by atoms with E-state index in [-0.39, 0.29) is 17.7 Å². The van der Waals surface area contributed by atoms with Crippen LogP contribution in [0.2, 0.25) is 0 Å². The molecule has 18 heavy (non-hydrogen) atoms. The Bertz CT molecular complexity index is 449. The maximum absolute atomic E-state index is 12.2. The molecule has 3 nitrogen and oxygen atoms in total. The van der Waals surface area contributed by atoms with Crippen LogP contribution in [0.25, 0.3) is 0 Å². The van der Waals surface area contributed by atoms with Gasteiger partial charge in [-0.05, 0) is 32.3 Å². The average molecular weight is 245 g/mol. The highest BCUT2D eigenvalue weighted by Crippen LogP contribution is 2.42. The van der Waals surface area contributed by atoms with Crippen molar-refractivity contribution in [2.75, 3.05) is 0 Å². The minimum Gasteiger partial charge on any atom is -0.349 e. The second-order valence-electron chi connectivity index (χ2n) is 5.10. The third kappa shape index (κ3) is 2.17. The Morgan fingerprint density at radius 1 is 1.22 bits per heavy atom. The van der Waals surface area contributed by atoms with Crippen LogP contribution in [-0.4, -0.2) is 11.7 Å². The second kappa shape index (κ2) is 4.92. The molecule has 0 aliphatic heterocycles. The number of amides is 1. The lowest BCUT2D eigenvalue weighted by molar-refractivity contribution is -0.147. The number of benzene rings is 1. The Morgan fingerprint density at radius 2 is 1.83 bits per heavy atom. The minimum atomic E-state index is -0.747. The second-order valence-corrected chi connectivity index (χ2v) is 5.10. The van der Waals surface area contributed by atoms with Gasteiger partial charge in [-0.1, -0.05) is 36.8 Å². The molecular formula is C15H19NO2. The van der Waals surface area contributed by atoms with Crippen molar-refractivity contribution in [3.8, 4) is 0 Å². The molecule has 0 saturated heterocycles. The lowest BCUT2D eigenvalue weighted by Crippen LogP contribution is -2.50. The molecule has 1 saturated carbocycles.